The van der Waals surface area contributed by atoms with Crippen molar-refractivity contribution in [2.45, 2.75) is 77.7 Å². The van der Waals surface area contributed by atoms with Crippen molar-refractivity contribution in [2.24, 2.45) is 5.92 Å². The van der Waals surface area contributed by atoms with E-state index in [1.807, 2.05) is 60.7 Å². The Kier molecular flexibility index (Phi) is 12.1. The third-order valence-electron chi connectivity index (χ3n) is 8.47. The van der Waals surface area contributed by atoms with Crippen molar-refractivity contribution in [1.82, 2.24) is 19.8 Å². The number of aromatic nitrogens is 2. The summed E-state index contributed by atoms with van der Waals surface area (Å²) in [6, 6.07) is 22.4. The van der Waals surface area contributed by atoms with Crippen molar-refractivity contribution < 1.29 is 33.6 Å². The van der Waals surface area contributed by atoms with E-state index in [1.54, 1.807) is 37.5 Å². The lowest BCUT2D eigenvalue weighted by Crippen LogP contribution is -2.50. The second-order valence-corrected chi connectivity index (χ2v) is 13.4. The van der Waals surface area contributed by atoms with Crippen molar-refractivity contribution in [3.8, 4) is 11.5 Å². The molecule has 1 heterocycles. The lowest BCUT2D eigenvalue weighted by atomic mass is 9.86. The summed E-state index contributed by atoms with van der Waals surface area (Å²) < 4.78 is 24.6. The zero-order valence-corrected chi connectivity index (χ0v) is 29.0. The van der Waals surface area contributed by atoms with Crippen LogP contribution >= 0.6 is 0 Å². The molecule has 2 N–H and O–H groups in total. The Morgan fingerprint density at radius 1 is 0.980 bits per heavy atom. The molecule has 0 saturated heterocycles. The van der Waals surface area contributed by atoms with E-state index in [1.165, 1.54) is 18.3 Å². The maximum atomic E-state index is 13.8. The van der Waals surface area contributed by atoms with Gasteiger partial charge >= 0.3 is 6.09 Å². The Morgan fingerprint density at radius 3 is 2.28 bits per heavy atom. The van der Waals surface area contributed by atoms with E-state index < -0.39 is 18.1 Å². The highest BCUT2D eigenvalue weighted by molar-refractivity contribution is 5.82. The van der Waals surface area contributed by atoms with Crippen LogP contribution in [0.2, 0.25) is 0 Å². The van der Waals surface area contributed by atoms with Gasteiger partial charge in [0.15, 0.2) is 11.5 Å². The summed E-state index contributed by atoms with van der Waals surface area (Å²) in [4.78, 5) is 45.2. The number of hydrogen-bond donors (Lipinski definition) is 2. The van der Waals surface area contributed by atoms with Gasteiger partial charge in [-0.25, -0.2) is 9.78 Å². The number of aliphatic hydroxyl groups is 1. The Bertz CT molecular complexity index is 1780. The molecule has 12 heteroatoms. The molecule has 0 bridgehead atoms. The summed E-state index contributed by atoms with van der Waals surface area (Å²) in [7, 11) is 1.54. The van der Waals surface area contributed by atoms with Gasteiger partial charge in [0.25, 0.3) is 5.56 Å². The predicted octanol–water partition coefficient (Wildman–Crippen LogP) is 5.24. The van der Waals surface area contributed by atoms with E-state index in [2.05, 4.69) is 10.3 Å². The van der Waals surface area contributed by atoms with Crippen molar-refractivity contribution in [1.29, 1.82) is 0 Å². The molecule has 266 valence electrons. The number of aliphatic hydroxyl groups excluding tert-OH is 1. The summed E-state index contributed by atoms with van der Waals surface area (Å²) in [5.41, 5.74) is 1.44. The minimum Gasteiger partial charge on any atom is -0.493 e. The van der Waals surface area contributed by atoms with Crippen molar-refractivity contribution in [3.63, 3.8) is 0 Å². The van der Waals surface area contributed by atoms with Gasteiger partial charge in [0.1, 0.15) is 6.61 Å². The van der Waals surface area contributed by atoms with Gasteiger partial charge in [-0.1, -0.05) is 60.7 Å². The largest absolute Gasteiger partial charge is 0.493 e. The first-order valence-electron chi connectivity index (χ1n) is 16.9. The van der Waals surface area contributed by atoms with Crippen LogP contribution in [0.3, 0.4) is 0 Å². The lowest BCUT2D eigenvalue weighted by molar-refractivity contribution is -0.237. The van der Waals surface area contributed by atoms with Gasteiger partial charge in [-0.2, -0.15) is 0 Å². The number of alkyl carbamates (subject to hydrolysis) is 1. The van der Waals surface area contributed by atoms with Gasteiger partial charge in [0.2, 0.25) is 12.3 Å². The fraction of sp³-hybridized carbons (Fsp3) is 0.421. The van der Waals surface area contributed by atoms with Crippen molar-refractivity contribution in [3.05, 3.63) is 101 Å². The number of carbonyl (C=O) groups excluding carboxylic acids is 2. The summed E-state index contributed by atoms with van der Waals surface area (Å²) in [5.74, 6) is 0.248. The number of fused-ring (bicyclic) bond motifs is 1. The van der Waals surface area contributed by atoms with E-state index in [4.69, 9.17) is 18.9 Å². The fourth-order valence-corrected chi connectivity index (χ4v) is 5.91. The summed E-state index contributed by atoms with van der Waals surface area (Å²) in [5, 5.41) is 14.0. The highest BCUT2D eigenvalue weighted by Gasteiger charge is 2.35. The number of nitrogens with one attached hydrogen (secondary N) is 1. The first-order valence-corrected chi connectivity index (χ1v) is 16.9. The lowest BCUT2D eigenvalue weighted by Gasteiger charge is -2.36. The number of nitrogens with zero attached hydrogens (tertiary/aromatic N) is 3. The number of rotatable bonds is 13. The second-order valence-electron chi connectivity index (χ2n) is 13.4. The maximum absolute atomic E-state index is 13.8. The Hall–Kier alpha value is -4.94. The van der Waals surface area contributed by atoms with Crippen LogP contribution in [0.5, 0.6) is 11.5 Å². The van der Waals surface area contributed by atoms with Crippen LogP contribution in [0.4, 0.5) is 4.79 Å². The van der Waals surface area contributed by atoms with E-state index in [0.717, 1.165) is 11.1 Å². The average Bonchev–Trinajstić information content (AvgIpc) is 3.10. The van der Waals surface area contributed by atoms with E-state index in [9.17, 15) is 19.5 Å². The molecule has 1 saturated carbocycles. The summed E-state index contributed by atoms with van der Waals surface area (Å²) in [6.07, 6.45) is 1.34. The van der Waals surface area contributed by atoms with Crippen LogP contribution in [0.25, 0.3) is 10.9 Å². The SMILES string of the molecule is COc1cc2ncn(Cc3ccccc3)c(=O)c2cc1OC1CCC(C(=O)N(CCNC(=O)OCc2ccccc2)C(O)OC(C)(C)C)CC1. The number of carbonyl (C=O) groups is 2. The molecule has 1 atom stereocenters. The number of benzene rings is 3. The number of ether oxygens (including phenoxy) is 4. The molecule has 50 heavy (non-hydrogen) atoms. The van der Waals surface area contributed by atoms with E-state index in [0.29, 0.717) is 54.6 Å². The second kappa shape index (κ2) is 16.6. The van der Waals surface area contributed by atoms with E-state index in [-0.39, 0.29) is 43.2 Å². The minimum atomic E-state index is -1.50. The molecule has 0 aliphatic heterocycles. The molecule has 0 spiro atoms. The third kappa shape index (κ3) is 9.82. The summed E-state index contributed by atoms with van der Waals surface area (Å²) in [6.45, 7) is 5.96. The first-order chi connectivity index (χ1) is 24.0. The van der Waals surface area contributed by atoms with Crippen LogP contribution in [0.1, 0.15) is 57.6 Å². The molecule has 1 fully saturated rings. The monoisotopic (exact) mass is 686 g/mol. The Balaban J connectivity index is 1.20. The predicted molar refractivity (Wildman–Crippen MR) is 188 cm³/mol. The molecule has 4 aromatic rings. The molecule has 5 rings (SSSR count). The molecule has 3 aromatic carbocycles. The molecule has 12 nitrogen and oxygen atoms in total. The van der Waals surface area contributed by atoms with Crippen LogP contribution in [0, 0.1) is 5.92 Å². The standard InChI is InChI=1S/C38H46N4O8/c1-38(2,3)50-37(46)42(20-19-39-36(45)48-24-27-13-9-6-10-14-27)34(43)28-15-17-29(18-16-28)49-33-21-30-31(22-32(33)47-4)40-25-41(35(30)44)23-26-11-7-5-8-12-26/h5-14,21-22,25,28-29,37,46H,15-20,23-24H2,1-4H3,(H,39,45). The summed E-state index contributed by atoms with van der Waals surface area (Å²) >= 11 is 0. The van der Waals surface area contributed by atoms with Gasteiger partial charge in [-0.3, -0.25) is 19.1 Å². The third-order valence-corrected chi connectivity index (χ3v) is 8.47. The molecule has 1 aliphatic rings. The molecule has 2 amide bonds. The van der Waals surface area contributed by atoms with Gasteiger partial charge < -0.3 is 29.4 Å². The van der Waals surface area contributed by atoms with Crippen LogP contribution in [-0.2, 0) is 27.4 Å². The van der Waals surface area contributed by atoms with Crippen molar-refractivity contribution >= 4 is 22.9 Å². The van der Waals surface area contributed by atoms with Gasteiger partial charge in [-0.05, 0) is 63.6 Å². The Morgan fingerprint density at radius 2 is 1.64 bits per heavy atom. The van der Waals surface area contributed by atoms with Gasteiger partial charge in [0.05, 0.1) is 42.6 Å². The molecule has 0 radical (unpaired) electrons. The van der Waals surface area contributed by atoms with Crippen LogP contribution in [0.15, 0.2) is 83.9 Å². The number of hydrogen-bond acceptors (Lipinski definition) is 9. The smallest absolute Gasteiger partial charge is 0.407 e. The first kappa shape index (κ1) is 36.3. The van der Waals surface area contributed by atoms with Gasteiger partial charge in [0, 0.05) is 25.1 Å². The number of amides is 2. The highest BCUT2D eigenvalue weighted by Crippen LogP contribution is 2.35. The normalized spacial score (nSPS) is 16.7. The van der Waals surface area contributed by atoms with Gasteiger partial charge in [-0.15, -0.1) is 0 Å². The highest BCUT2D eigenvalue weighted by atomic mass is 16.6. The molecular weight excluding hydrogens is 640 g/mol. The quantitative estimate of drug-likeness (QED) is 0.181. The average molecular weight is 687 g/mol. The fourth-order valence-electron chi connectivity index (χ4n) is 5.91. The molecular formula is C38H46N4O8. The zero-order chi connectivity index (χ0) is 35.7. The molecule has 1 aromatic heterocycles. The van der Waals surface area contributed by atoms with Crippen molar-refractivity contribution in [2.75, 3.05) is 20.2 Å². The molecule has 1 aliphatic carbocycles. The van der Waals surface area contributed by atoms with Crippen LogP contribution < -0.4 is 20.3 Å². The number of methoxy groups -OCH3 is 1. The molecule has 1 unspecified atom stereocenters. The maximum Gasteiger partial charge on any atom is 0.407 e. The minimum absolute atomic E-state index is 0.0249. The zero-order valence-electron chi connectivity index (χ0n) is 29.0. The Labute approximate surface area is 291 Å². The van der Waals surface area contributed by atoms with E-state index >= 15 is 0 Å². The topological polar surface area (TPSA) is 141 Å². The van der Waals surface area contributed by atoms with Crippen LogP contribution in [-0.4, -0.2) is 69.9 Å².